The zero-order valence-corrected chi connectivity index (χ0v) is 18.6. The molecule has 0 bridgehead atoms. The molecule has 3 rings (SSSR count). The summed E-state index contributed by atoms with van der Waals surface area (Å²) < 4.78 is 62.6. The van der Waals surface area contributed by atoms with Crippen LogP contribution < -0.4 is 15.8 Å². The van der Waals surface area contributed by atoms with Gasteiger partial charge in [0, 0.05) is 12.3 Å². The molecule has 1 unspecified atom stereocenters. The van der Waals surface area contributed by atoms with E-state index in [9.17, 15) is 27.5 Å². The predicted octanol–water partition coefficient (Wildman–Crippen LogP) is 2.59. The molecule has 1 saturated heterocycles. The lowest BCUT2D eigenvalue weighted by molar-refractivity contribution is -0.156. The Morgan fingerprint density at radius 3 is 2.48 bits per heavy atom. The normalized spacial score (nSPS) is 20.5. The van der Waals surface area contributed by atoms with Crippen molar-refractivity contribution >= 4 is 11.7 Å². The van der Waals surface area contributed by atoms with E-state index in [4.69, 9.17) is 15.2 Å². The number of carbonyl (C=O) groups is 1. The lowest BCUT2D eigenvalue weighted by Gasteiger charge is -2.35. The van der Waals surface area contributed by atoms with Crippen LogP contribution in [0.1, 0.15) is 56.1 Å². The molecule has 2 fully saturated rings. The molecule has 0 spiro atoms. The van der Waals surface area contributed by atoms with Crippen LogP contribution in [0.2, 0.25) is 0 Å². The van der Waals surface area contributed by atoms with Gasteiger partial charge in [-0.1, -0.05) is 12.8 Å². The molecule has 1 aromatic heterocycles. The number of nitrogens with two attached hydrogens (primary N) is 1. The van der Waals surface area contributed by atoms with E-state index < -0.39 is 41.4 Å². The van der Waals surface area contributed by atoms with Gasteiger partial charge in [0.05, 0.1) is 24.3 Å². The first-order chi connectivity index (χ1) is 15.1. The molecule has 1 amide bonds. The van der Waals surface area contributed by atoms with E-state index in [0.717, 1.165) is 25.1 Å². The van der Waals surface area contributed by atoms with E-state index in [0.29, 0.717) is 12.3 Å². The fourth-order valence-electron chi connectivity index (χ4n) is 3.47. The van der Waals surface area contributed by atoms with Crippen LogP contribution in [-0.4, -0.2) is 59.1 Å². The van der Waals surface area contributed by atoms with Gasteiger partial charge in [0.2, 0.25) is 0 Å². The van der Waals surface area contributed by atoms with Crippen molar-refractivity contribution in [3.63, 3.8) is 0 Å². The molecule has 0 radical (unpaired) electrons. The molecular formula is C21H28F4N4O4. The Balaban J connectivity index is 1.88. The minimum Gasteiger partial charge on any atom is -0.484 e. The largest absolute Gasteiger partial charge is 0.484 e. The predicted molar refractivity (Wildman–Crippen MR) is 111 cm³/mol. The van der Waals surface area contributed by atoms with Gasteiger partial charge < -0.3 is 25.6 Å². The Bertz CT molecular complexity index is 924. The summed E-state index contributed by atoms with van der Waals surface area (Å²) in [5.41, 5.74) is 0.945. The summed E-state index contributed by atoms with van der Waals surface area (Å²) in [6.45, 7) is 2.14. The summed E-state index contributed by atoms with van der Waals surface area (Å²) in [7, 11) is 0. The van der Waals surface area contributed by atoms with Gasteiger partial charge in [-0.05, 0) is 33.1 Å². The number of nitrogens with one attached hydrogen (secondary N) is 1. The van der Waals surface area contributed by atoms with Gasteiger partial charge in [0.1, 0.15) is 17.3 Å². The van der Waals surface area contributed by atoms with E-state index in [1.165, 1.54) is 13.8 Å². The maximum Gasteiger partial charge on any atom is 0.422 e. The number of pyridine rings is 1. The van der Waals surface area contributed by atoms with E-state index in [1.54, 1.807) is 6.92 Å². The van der Waals surface area contributed by atoms with Crippen molar-refractivity contribution < 1.29 is 36.9 Å². The van der Waals surface area contributed by atoms with Gasteiger partial charge in [-0.2, -0.15) is 13.2 Å². The second-order valence-corrected chi connectivity index (χ2v) is 9.35. The average Bonchev–Trinajstić information content (AvgIpc) is 3.46. The fourth-order valence-corrected chi connectivity index (χ4v) is 3.47. The van der Waals surface area contributed by atoms with E-state index in [-0.39, 0.29) is 30.3 Å². The summed E-state index contributed by atoms with van der Waals surface area (Å²) in [5.74, 6) is -0.903. The number of hydrogen-bond acceptors (Lipinski definition) is 6. The third-order valence-electron chi connectivity index (χ3n) is 5.38. The highest BCUT2D eigenvalue weighted by Crippen LogP contribution is 2.40. The van der Waals surface area contributed by atoms with Crippen LogP contribution in [0.4, 0.5) is 17.6 Å². The summed E-state index contributed by atoms with van der Waals surface area (Å²) in [6, 6.07) is 0.969. The van der Waals surface area contributed by atoms with E-state index in [2.05, 4.69) is 15.3 Å². The van der Waals surface area contributed by atoms with Crippen LogP contribution in [0.15, 0.2) is 17.3 Å². The Hall–Kier alpha value is -2.47. The number of carbonyl (C=O) groups excluding carboxylic acids is 1. The maximum absolute atomic E-state index is 14.9. The Morgan fingerprint density at radius 2 is 2.00 bits per heavy atom. The van der Waals surface area contributed by atoms with Crippen molar-refractivity contribution in [2.45, 2.75) is 63.1 Å². The van der Waals surface area contributed by atoms with Crippen LogP contribution in [0.25, 0.3) is 0 Å². The zero-order valence-electron chi connectivity index (χ0n) is 18.6. The van der Waals surface area contributed by atoms with Crippen LogP contribution in [0, 0.1) is 5.92 Å². The standard InChI is InChI=1S/C21H28F4N4O4/c1-18(2,31)29-17(26)19(3,7-12-4-5-12)28-16(30)14-6-15(33-11-21(23,24)25)13(8-27-14)20(22)9-32-10-20/h6,8,12,31H,4-5,7,9-11H2,1-3H3,(H2,26,29)(H,28,30). The average molecular weight is 476 g/mol. The molecule has 0 aromatic carbocycles. The molecule has 12 heteroatoms. The number of rotatable bonds is 9. The van der Waals surface area contributed by atoms with Crippen molar-refractivity contribution in [1.82, 2.24) is 10.3 Å². The van der Waals surface area contributed by atoms with Crippen molar-refractivity contribution in [3.8, 4) is 5.75 Å². The zero-order chi connectivity index (χ0) is 24.7. The van der Waals surface area contributed by atoms with Crippen molar-refractivity contribution in [2.75, 3.05) is 19.8 Å². The number of amides is 1. The lowest BCUT2D eigenvalue weighted by atomic mass is 9.92. The SMILES string of the molecule is CC(C)(O)N=C(N)C(C)(CC1CC1)NC(=O)c1cc(OCC(F)(F)F)c(C2(F)COC2)cn1. The number of hydrogen-bond donors (Lipinski definition) is 3. The fraction of sp³-hybridized carbons (Fsp3) is 0.667. The minimum absolute atomic E-state index is 0.00487. The Labute approximate surface area is 188 Å². The van der Waals surface area contributed by atoms with Gasteiger partial charge in [0.25, 0.3) is 5.91 Å². The van der Waals surface area contributed by atoms with Crippen LogP contribution >= 0.6 is 0 Å². The molecule has 33 heavy (non-hydrogen) atoms. The van der Waals surface area contributed by atoms with E-state index >= 15 is 0 Å². The lowest BCUT2D eigenvalue weighted by Crippen LogP contribution is -2.56. The van der Waals surface area contributed by atoms with Crippen LogP contribution in [0.5, 0.6) is 5.75 Å². The maximum atomic E-state index is 14.9. The highest BCUT2D eigenvalue weighted by Gasteiger charge is 2.44. The van der Waals surface area contributed by atoms with Gasteiger partial charge in [-0.3, -0.25) is 9.78 Å². The highest BCUT2D eigenvalue weighted by atomic mass is 19.4. The Morgan fingerprint density at radius 1 is 1.36 bits per heavy atom. The van der Waals surface area contributed by atoms with Crippen molar-refractivity contribution in [1.29, 1.82) is 0 Å². The number of aromatic nitrogens is 1. The molecule has 2 heterocycles. The molecule has 184 valence electrons. The number of nitrogens with zero attached hydrogens (tertiary/aromatic N) is 2. The molecule has 1 saturated carbocycles. The first-order valence-corrected chi connectivity index (χ1v) is 10.5. The van der Waals surface area contributed by atoms with Crippen LogP contribution in [-0.2, 0) is 10.4 Å². The summed E-state index contributed by atoms with van der Waals surface area (Å²) >= 11 is 0. The molecule has 1 atom stereocenters. The number of alkyl halides is 4. The monoisotopic (exact) mass is 476 g/mol. The third kappa shape index (κ3) is 6.53. The summed E-state index contributed by atoms with van der Waals surface area (Å²) in [5, 5.41) is 12.7. The van der Waals surface area contributed by atoms with Crippen molar-refractivity contribution in [3.05, 3.63) is 23.5 Å². The number of ether oxygens (including phenoxy) is 2. The number of halogens is 4. The van der Waals surface area contributed by atoms with Gasteiger partial charge >= 0.3 is 6.18 Å². The Kier molecular flexibility index (Phi) is 6.64. The molecule has 8 nitrogen and oxygen atoms in total. The van der Waals surface area contributed by atoms with Gasteiger partial charge in [-0.25, -0.2) is 9.38 Å². The van der Waals surface area contributed by atoms with Crippen LogP contribution in [0.3, 0.4) is 0 Å². The topological polar surface area (TPSA) is 119 Å². The number of aliphatic imine (C=N–C) groups is 1. The van der Waals surface area contributed by atoms with Crippen molar-refractivity contribution in [2.24, 2.45) is 16.6 Å². The summed E-state index contributed by atoms with van der Waals surface area (Å²) in [4.78, 5) is 21.0. The second-order valence-electron chi connectivity index (χ2n) is 9.35. The first-order valence-electron chi connectivity index (χ1n) is 10.5. The smallest absolute Gasteiger partial charge is 0.422 e. The minimum atomic E-state index is -4.66. The second kappa shape index (κ2) is 8.71. The quantitative estimate of drug-likeness (QED) is 0.286. The van der Waals surface area contributed by atoms with Gasteiger partial charge in [0.15, 0.2) is 18.0 Å². The highest BCUT2D eigenvalue weighted by molar-refractivity contribution is 5.99. The van der Waals surface area contributed by atoms with E-state index in [1.807, 2.05) is 0 Å². The summed E-state index contributed by atoms with van der Waals surface area (Å²) in [6.07, 6.45) is -1.33. The number of amidine groups is 1. The third-order valence-corrected chi connectivity index (χ3v) is 5.38. The molecular weight excluding hydrogens is 448 g/mol. The molecule has 2 aliphatic rings. The first kappa shape index (κ1) is 25.2. The molecule has 1 aliphatic heterocycles. The molecule has 1 aliphatic carbocycles. The molecule has 4 N–H and O–H groups in total. The van der Waals surface area contributed by atoms with Gasteiger partial charge in [-0.15, -0.1) is 0 Å². The molecule has 1 aromatic rings. The number of aliphatic hydroxyl groups is 1.